The van der Waals surface area contributed by atoms with Gasteiger partial charge in [-0.2, -0.15) is 0 Å². The lowest BCUT2D eigenvalue weighted by Crippen LogP contribution is -2.28. The molecule has 0 saturated carbocycles. The maximum atomic E-state index is 5.95. The topological polar surface area (TPSA) is 50.3 Å². The van der Waals surface area contributed by atoms with E-state index in [1.165, 1.54) is 5.56 Å². The lowest BCUT2D eigenvalue weighted by Gasteiger charge is -2.21. The lowest BCUT2D eigenvalue weighted by atomic mass is 10.0. The summed E-state index contributed by atoms with van der Waals surface area (Å²) in [4.78, 5) is 11.6. The van der Waals surface area contributed by atoms with Gasteiger partial charge in [0.15, 0.2) is 0 Å². The van der Waals surface area contributed by atoms with Crippen LogP contribution in [-0.2, 0) is 13.0 Å². The van der Waals surface area contributed by atoms with Gasteiger partial charge in [0.2, 0.25) is 0 Å². The molecule has 0 radical (unpaired) electrons. The van der Waals surface area contributed by atoms with E-state index >= 15 is 0 Å². The zero-order valence-electron chi connectivity index (χ0n) is 15.7. The van der Waals surface area contributed by atoms with Gasteiger partial charge in [-0.25, -0.2) is 9.97 Å². The van der Waals surface area contributed by atoms with Crippen LogP contribution in [0.15, 0.2) is 24.3 Å². The highest BCUT2D eigenvalue weighted by Gasteiger charge is 2.20. The second-order valence-electron chi connectivity index (χ2n) is 6.96. The van der Waals surface area contributed by atoms with E-state index in [4.69, 9.17) is 4.74 Å². The predicted molar refractivity (Wildman–Crippen MR) is 101 cm³/mol. The van der Waals surface area contributed by atoms with E-state index in [1.54, 1.807) is 0 Å². The zero-order valence-corrected chi connectivity index (χ0v) is 15.7. The van der Waals surface area contributed by atoms with E-state index in [9.17, 15) is 0 Å². The molecular formula is C20H28N4O. The number of hydrogen-bond acceptors (Lipinski definition) is 5. The molecule has 1 aliphatic heterocycles. The molecule has 1 aromatic carbocycles. The number of nitrogens with zero attached hydrogens (tertiary/aromatic N) is 3. The Morgan fingerprint density at radius 2 is 2.08 bits per heavy atom. The molecule has 134 valence electrons. The van der Waals surface area contributed by atoms with Crippen LogP contribution in [0.2, 0.25) is 0 Å². The fraction of sp³-hybridized carbons (Fsp3) is 0.500. The highest BCUT2D eigenvalue weighted by molar-refractivity contribution is 5.52. The van der Waals surface area contributed by atoms with Crippen molar-refractivity contribution >= 4 is 5.82 Å². The summed E-state index contributed by atoms with van der Waals surface area (Å²) in [6.07, 6.45) is 0.803. The Kier molecular flexibility index (Phi) is 5.53. The Morgan fingerprint density at radius 3 is 2.88 bits per heavy atom. The molecule has 1 aromatic heterocycles. The first-order chi connectivity index (χ1) is 12.1. The quantitative estimate of drug-likeness (QED) is 0.875. The van der Waals surface area contributed by atoms with E-state index in [2.05, 4.69) is 53.2 Å². The number of hydrogen-bond donors (Lipinski definition) is 1. The van der Waals surface area contributed by atoms with Crippen molar-refractivity contribution in [3.05, 3.63) is 46.9 Å². The number of anilines is 1. The summed E-state index contributed by atoms with van der Waals surface area (Å²) in [6.45, 7) is 9.93. The molecular weight excluding hydrogens is 312 g/mol. The summed E-state index contributed by atoms with van der Waals surface area (Å²) in [7, 11) is 2.16. The minimum atomic E-state index is 0.499. The van der Waals surface area contributed by atoms with Gasteiger partial charge in [-0.1, -0.05) is 32.0 Å². The second-order valence-corrected chi connectivity index (χ2v) is 6.96. The molecule has 0 bridgehead atoms. The first-order valence-electron chi connectivity index (χ1n) is 9.06. The summed E-state index contributed by atoms with van der Waals surface area (Å²) in [5, 5.41) is 3.57. The van der Waals surface area contributed by atoms with E-state index in [-0.39, 0.29) is 0 Å². The molecule has 0 aliphatic carbocycles. The van der Waals surface area contributed by atoms with Gasteiger partial charge < -0.3 is 15.0 Å². The lowest BCUT2D eigenvalue weighted by molar-refractivity contribution is 0.301. The first kappa shape index (κ1) is 17.7. The number of aryl methyl sites for hydroxylation is 1. The molecule has 25 heavy (non-hydrogen) atoms. The molecule has 1 atom stereocenters. The number of rotatable bonds is 6. The van der Waals surface area contributed by atoms with Crippen LogP contribution in [0.1, 0.15) is 36.5 Å². The Labute approximate surface area is 150 Å². The molecule has 2 aromatic rings. The van der Waals surface area contributed by atoms with Crippen molar-refractivity contribution in [1.82, 2.24) is 14.9 Å². The van der Waals surface area contributed by atoms with Crippen molar-refractivity contribution in [3.8, 4) is 5.75 Å². The van der Waals surface area contributed by atoms with Crippen molar-refractivity contribution < 1.29 is 4.74 Å². The fourth-order valence-electron chi connectivity index (χ4n) is 3.23. The third-order valence-electron chi connectivity index (χ3n) is 4.69. The molecule has 0 saturated heterocycles. The maximum absolute atomic E-state index is 5.95. The highest BCUT2D eigenvalue weighted by Crippen LogP contribution is 2.30. The van der Waals surface area contributed by atoms with Gasteiger partial charge >= 0.3 is 0 Å². The van der Waals surface area contributed by atoms with Gasteiger partial charge in [-0.05, 0) is 38.1 Å². The molecule has 0 amide bonds. The Balaban J connectivity index is 1.81. The Morgan fingerprint density at radius 1 is 1.28 bits per heavy atom. The Hall–Kier alpha value is -2.14. The monoisotopic (exact) mass is 340 g/mol. The molecule has 0 fully saturated rings. The van der Waals surface area contributed by atoms with E-state index in [1.807, 2.05) is 19.1 Å². The van der Waals surface area contributed by atoms with E-state index < -0.39 is 0 Å². The molecule has 5 heteroatoms. The third kappa shape index (κ3) is 4.28. The minimum absolute atomic E-state index is 0.499. The molecule has 1 unspecified atom stereocenters. The molecule has 1 N–H and O–H groups in total. The van der Waals surface area contributed by atoms with Crippen LogP contribution in [0, 0.1) is 12.8 Å². The van der Waals surface area contributed by atoms with Crippen molar-refractivity contribution in [2.45, 2.75) is 33.8 Å². The summed E-state index contributed by atoms with van der Waals surface area (Å²) >= 11 is 0. The summed E-state index contributed by atoms with van der Waals surface area (Å²) in [5.74, 6) is 3.23. The number of benzene rings is 1. The maximum Gasteiger partial charge on any atom is 0.133 e. The standard InChI is InChI=1S/C20H28N4O/c1-5-24(4)12-14(2)11-21-20-17-10-16-8-6-7-9-19(16)25-13-18(17)22-15(3)23-20/h6-9,14H,5,10-13H2,1-4H3,(H,21,22,23). The van der Waals surface area contributed by atoms with Gasteiger partial charge in [-0.3, -0.25) is 0 Å². The third-order valence-corrected chi connectivity index (χ3v) is 4.69. The number of aromatic nitrogens is 2. The normalized spacial score (nSPS) is 14.3. The van der Waals surface area contributed by atoms with Crippen molar-refractivity contribution in [2.24, 2.45) is 5.92 Å². The number of para-hydroxylation sites is 1. The minimum Gasteiger partial charge on any atom is -0.487 e. The van der Waals surface area contributed by atoms with Crippen molar-refractivity contribution in [3.63, 3.8) is 0 Å². The Bertz CT molecular complexity index is 732. The average molecular weight is 340 g/mol. The van der Waals surface area contributed by atoms with Crippen LogP contribution in [0.3, 0.4) is 0 Å². The first-order valence-corrected chi connectivity index (χ1v) is 9.06. The van der Waals surface area contributed by atoms with Gasteiger partial charge in [-0.15, -0.1) is 0 Å². The van der Waals surface area contributed by atoms with Gasteiger partial charge in [0.1, 0.15) is 24.0 Å². The zero-order chi connectivity index (χ0) is 17.8. The number of nitrogens with one attached hydrogen (secondary N) is 1. The van der Waals surface area contributed by atoms with Gasteiger partial charge in [0.05, 0.1) is 5.69 Å². The van der Waals surface area contributed by atoms with Gasteiger partial charge in [0, 0.05) is 25.1 Å². The van der Waals surface area contributed by atoms with Crippen LogP contribution in [-0.4, -0.2) is 41.5 Å². The summed E-state index contributed by atoms with van der Waals surface area (Å²) < 4.78 is 5.95. The average Bonchev–Trinajstić information content (AvgIpc) is 2.79. The SMILES string of the molecule is CCN(C)CC(C)CNc1nc(C)nc2c1Cc1ccccc1OC2. The molecule has 3 rings (SSSR count). The van der Waals surface area contributed by atoms with Crippen LogP contribution < -0.4 is 10.1 Å². The smallest absolute Gasteiger partial charge is 0.133 e. The summed E-state index contributed by atoms with van der Waals surface area (Å²) in [6, 6.07) is 8.21. The van der Waals surface area contributed by atoms with Crippen LogP contribution in [0.25, 0.3) is 0 Å². The predicted octanol–water partition coefficient (Wildman–Crippen LogP) is 3.27. The molecule has 1 aliphatic rings. The highest BCUT2D eigenvalue weighted by atomic mass is 16.5. The molecule has 2 heterocycles. The van der Waals surface area contributed by atoms with Crippen LogP contribution >= 0.6 is 0 Å². The fourth-order valence-corrected chi connectivity index (χ4v) is 3.23. The van der Waals surface area contributed by atoms with E-state index in [0.29, 0.717) is 12.5 Å². The molecule has 5 nitrogen and oxygen atoms in total. The summed E-state index contributed by atoms with van der Waals surface area (Å²) in [5.41, 5.74) is 3.34. The number of ether oxygens (including phenoxy) is 1. The van der Waals surface area contributed by atoms with E-state index in [0.717, 1.165) is 54.7 Å². The van der Waals surface area contributed by atoms with Gasteiger partial charge in [0.25, 0.3) is 0 Å². The molecule has 0 spiro atoms. The second kappa shape index (κ2) is 7.83. The largest absolute Gasteiger partial charge is 0.487 e. The van der Waals surface area contributed by atoms with Crippen LogP contribution in [0.4, 0.5) is 5.82 Å². The van der Waals surface area contributed by atoms with Crippen molar-refractivity contribution in [2.75, 3.05) is 32.0 Å². The van der Waals surface area contributed by atoms with Crippen LogP contribution in [0.5, 0.6) is 5.75 Å². The number of fused-ring (bicyclic) bond motifs is 2. The van der Waals surface area contributed by atoms with Crippen molar-refractivity contribution in [1.29, 1.82) is 0 Å².